The summed E-state index contributed by atoms with van der Waals surface area (Å²) in [6, 6.07) is 0.937. The maximum absolute atomic E-state index is 13.0. The molecule has 0 amide bonds. The van der Waals surface area contributed by atoms with Crippen LogP contribution in [0.2, 0.25) is 0 Å². The van der Waals surface area contributed by atoms with Crippen molar-refractivity contribution < 1.29 is 18.3 Å². The minimum atomic E-state index is -1.14. The zero-order chi connectivity index (χ0) is 9.59. The van der Waals surface area contributed by atoms with Gasteiger partial charge in [-0.1, -0.05) is 0 Å². The lowest BCUT2D eigenvalue weighted by Crippen LogP contribution is -2.02. The number of carbonyl (C=O) groups excluding carboxylic acids is 1. The van der Waals surface area contributed by atoms with E-state index in [1.807, 2.05) is 0 Å². The van der Waals surface area contributed by atoms with Crippen LogP contribution in [-0.2, 0) is 0 Å². The maximum Gasteiger partial charge on any atom is 0.207 e. The number of hydrogen-bond acceptors (Lipinski definition) is 2. The quantitative estimate of drug-likeness (QED) is 0.659. The van der Waals surface area contributed by atoms with E-state index >= 15 is 0 Å². The third-order valence-corrected chi connectivity index (χ3v) is 2.34. The van der Waals surface area contributed by atoms with Crippen molar-refractivity contribution in [3.8, 4) is 5.75 Å². The SMILES string of the molecule is O=C1COc2c(Br)cc(F)c(F)c21. The Morgan fingerprint density at radius 1 is 1.46 bits per heavy atom. The summed E-state index contributed by atoms with van der Waals surface area (Å²) >= 11 is 2.98. The molecule has 13 heavy (non-hydrogen) atoms. The number of rotatable bonds is 0. The van der Waals surface area contributed by atoms with Gasteiger partial charge in [-0.2, -0.15) is 0 Å². The normalized spacial score (nSPS) is 14.2. The molecule has 1 aliphatic rings. The summed E-state index contributed by atoms with van der Waals surface area (Å²) in [5.41, 5.74) is -0.299. The van der Waals surface area contributed by atoms with Crippen LogP contribution in [0.4, 0.5) is 8.78 Å². The first-order chi connectivity index (χ1) is 6.11. The Bertz CT molecular complexity index is 404. The minimum absolute atomic E-state index is 0.0869. The Balaban J connectivity index is 2.77. The number of Topliss-reactive ketones (excluding diaryl/α,β-unsaturated/α-hetero) is 1. The summed E-state index contributed by atoms with van der Waals surface area (Å²) in [7, 11) is 0. The fourth-order valence-corrected chi connectivity index (χ4v) is 1.69. The fraction of sp³-hybridized carbons (Fsp3) is 0.125. The Kier molecular flexibility index (Phi) is 1.83. The first kappa shape index (κ1) is 8.62. The fourth-order valence-electron chi connectivity index (χ4n) is 1.18. The molecule has 5 heteroatoms. The minimum Gasteiger partial charge on any atom is -0.483 e. The lowest BCUT2D eigenvalue weighted by molar-refractivity contribution is 0.0958. The van der Waals surface area contributed by atoms with Crippen LogP contribution in [0, 0.1) is 11.6 Å². The van der Waals surface area contributed by atoms with E-state index in [-0.39, 0.29) is 22.4 Å². The van der Waals surface area contributed by atoms with Gasteiger partial charge in [-0.15, -0.1) is 0 Å². The maximum atomic E-state index is 13.0. The molecule has 2 rings (SSSR count). The summed E-state index contributed by atoms with van der Waals surface area (Å²) in [5, 5.41) is 0. The molecule has 0 spiro atoms. The van der Waals surface area contributed by atoms with Crippen molar-refractivity contribution in [3.63, 3.8) is 0 Å². The number of hydrogen-bond donors (Lipinski definition) is 0. The van der Waals surface area contributed by atoms with Crippen molar-refractivity contribution in [2.45, 2.75) is 0 Å². The van der Waals surface area contributed by atoms with Crippen molar-refractivity contribution in [1.82, 2.24) is 0 Å². The molecule has 0 fully saturated rings. The molecule has 0 aliphatic carbocycles. The van der Waals surface area contributed by atoms with Gasteiger partial charge in [0.15, 0.2) is 18.2 Å². The van der Waals surface area contributed by atoms with Crippen LogP contribution in [0.3, 0.4) is 0 Å². The van der Waals surface area contributed by atoms with E-state index in [9.17, 15) is 13.6 Å². The Morgan fingerprint density at radius 3 is 2.85 bits per heavy atom. The van der Waals surface area contributed by atoms with Gasteiger partial charge >= 0.3 is 0 Å². The molecule has 0 unspecified atom stereocenters. The molecular weight excluding hydrogens is 246 g/mol. The zero-order valence-electron chi connectivity index (χ0n) is 6.23. The van der Waals surface area contributed by atoms with Gasteiger partial charge in [0.25, 0.3) is 0 Å². The molecule has 1 heterocycles. The van der Waals surface area contributed by atoms with Gasteiger partial charge in [0.1, 0.15) is 11.3 Å². The van der Waals surface area contributed by atoms with Gasteiger partial charge in [0.05, 0.1) is 4.47 Å². The molecule has 1 aliphatic heterocycles. The van der Waals surface area contributed by atoms with Gasteiger partial charge in [-0.3, -0.25) is 4.79 Å². The van der Waals surface area contributed by atoms with Crippen LogP contribution in [0.1, 0.15) is 10.4 Å². The predicted octanol–water partition coefficient (Wildman–Crippen LogP) is 2.30. The van der Waals surface area contributed by atoms with Gasteiger partial charge in [-0.05, 0) is 22.0 Å². The number of benzene rings is 1. The average Bonchev–Trinajstić information content (AvgIpc) is 2.44. The highest BCUT2D eigenvalue weighted by molar-refractivity contribution is 9.10. The van der Waals surface area contributed by atoms with Gasteiger partial charge < -0.3 is 4.74 Å². The summed E-state index contributed by atoms with van der Waals surface area (Å²) in [5.74, 6) is -2.64. The first-order valence-electron chi connectivity index (χ1n) is 3.44. The zero-order valence-corrected chi connectivity index (χ0v) is 7.82. The van der Waals surface area contributed by atoms with Crippen molar-refractivity contribution in [2.24, 2.45) is 0 Å². The van der Waals surface area contributed by atoms with Crippen LogP contribution in [-0.4, -0.2) is 12.4 Å². The second kappa shape index (κ2) is 2.77. The molecular formula is C8H3BrF2O2. The third-order valence-electron chi connectivity index (χ3n) is 1.75. The van der Waals surface area contributed by atoms with E-state index in [0.29, 0.717) is 0 Å². The Hall–Kier alpha value is -0.970. The summed E-state index contributed by atoms with van der Waals surface area (Å²) in [4.78, 5) is 11.0. The largest absolute Gasteiger partial charge is 0.483 e. The number of halogens is 3. The second-order valence-electron chi connectivity index (χ2n) is 2.57. The molecule has 68 valence electrons. The average molecular weight is 249 g/mol. The highest BCUT2D eigenvalue weighted by Crippen LogP contribution is 2.36. The van der Waals surface area contributed by atoms with E-state index in [2.05, 4.69) is 15.9 Å². The van der Waals surface area contributed by atoms with Crippen LogP contribution < -0.4 is 4.74 Å². The molecule has 2 nitrogen and oxygen atoms in total. The van der Waals surface area contributed by atoms with Crippen LogP contribution in [0.15, 0.2) is 10.5 Å². The van der Waals surface area contributed by atoms with E-state index in [4.69, 9.17) is 4.74 Å². The molecule has 0 saturated carbocycles. The molecule has 0 N–H and O–H groups in total. The van der Waals surface area contributed by atoms with Crippen molar-refractivity contribution in [2.75, 3.05) is 6.61 Å². The number of ketones is 1. The molecule has 1 aromatic rings. The van der Waals surface area contributed by atoms with E-state index < -0.39 is 17.4 Å². The second-order valence-corrected chi connectivity index (χ2v) is 3.42. The highest BCUT2D eigenvalue weighted by atomic mass is 79.9. The Morgan fingerprint density at radius 2 is 2.15 bits per heavy atom. The van der Waals surface area contributed by atoms with Gasteiger partial charge in [-0.25, -0.2) is 8.78 Å². The van der Waals surface area contributed by atoms with Crippen molar-refractivity contribution in [3.05, 3.63) is 27.7 Å². The highest BCUT2D eigenvalue weighted by Gasteiger charge is 2.29. The summed E-state index contributed by atoms with van der Waals surface area (Å²) in [6.07, 6.45) is 0. The summed E-state index contributed by atoms with van der Waals surface area (Å²) in [6.45, 7) is -0.228. The number of ether oxygens (including phenoxy) is 1. The molecule has 0 saturated heterocycles. The summed E-state index contributed by atoms with van der Waals surface area (Å²) < 4.78 is 31.0. The van der Waals surface area contributed by atoms with Crippen molar-refractivity contribution in [1.29, 1.82) is 0 Å². The predicted molar refractivity (Wildman–Crippen MR) is 43.9 cm³/mol. The van der Waals surface area contributed by atoms with E-state index in [1.165, 1.54) is 0 Å². The lowest BCUT2D eigenvalue weighted by atomic mass is 10.1. The Labute approximate surface area is 80.6 Å². The van der Waals surface area contributed by atoms with Gasteiger partial charge in [0, 0.05) is 0 Å². The molecule has 0 radical (unpaired) electrons. The number of carbonyl (C=O) groups is 1. The standard InChI is InChI=1S/C8H3BrF2O2/c9-3-1-4(10)7(11)6-5(12)2-13-8(3)6/h1H,2H2. The first-order valence-corrected chi connectivity index (χ1v) is 4.24. The van der Waals surface area contributed by atoms with E-state index in [0.717, 1.165) is 6.07 Å². The molecule has 0 bridgehead atoms. The number of fused-ring (bicyclic) bond motifs is 1. The van der Waals surface area contributed by atoms with Gasteiger partial charge in [0.2, 0.25) is 5.78 Å². The van der Waals surface area contributed by atoms with E-state index in [1.54, 1.807) is 0 Å². The molecule has 0 atom stereocenters. The third kappa shape index (κ3) is 1.14. The smallest absolute Gasteiger partial charge is 0.207 e. The molecule has 1 aromatic carbocycles. The lowest BCUT2D eigenvalue weighted by Gasteiger charge is -2.01. The topological polar surface area (TPSA) is 26.3 Å². The van der Waals surface area contributed by atoms with Crippen LogP contribution in [0.25, 0.3) is 0 Å². The van der Waals surface area contributed by atoms with Crippen LogP contribution in [0.5, 0.6) is 5.75 Å². The van der Waals surface area contributed by atoms with Crippen LogP contribution >= 0.6 is 15.9 Å². The monoisotopic (exact) mass is 248 g/mol. The van der Waals surface area contributed by atoms with Crippen molar-refractivity contribution >= 4 is 21.7 Å². The molecule has 0 aromatic heterocycles.